The van der Waals surface area contributed by atoms with Crippen molar-refractivity contribution in [3.05, 3.63) is 47.0 Å². The largest absolute Gasteiger partial charge is 0.471 e. The number of carbonyl (C=O) groups excluding carboxylic acids is 5. The van der Waals surface area contributed by atoms with Gasteiger partial charge < -0.3 is 19.9 Å². The number of allylic oxidation sites excluding steroid dienone is 1. The molecule has 0 bridgehead atoms. The molecule has 0 radical (unpaired) electrons. The monoisotopic (exact) mass is 547 g/mol. The molecule has 2 aliphatic heterocycles. The van der Waals surface area contributed by atoms with Crippen molar-refractivity contribution in [1.29, 1.82) is 0 Å². The minimum atomic E-state index is -5.11. The van der Waals surface area contributed by atoms with Gasteiger partial charge in [0.1, 0.15) is 6.10 Å². The highest BCUT2D eigenvalue weighted by atomic mass is 19.4. The number of nitrogens with one attached hydrogen (secondary N) is 1. The van der Waals surface area contributed by atoms with Crippen LogP contribution in [0.25, 0.3) is 0 Å². The minimum absolute atomic E-state index is 0.0388. The molecule has 39 heavy (non-hydrogen) atoms. The molecule has 2 saturated heterocycles. The van der Waals surface area contributed by atoms with Crippen LogP contribution in [-0.4, -0.2) is 75.9 Å². The Balaban J connectivity index is 1.22. The normalized spacial score (nSPS) is 39.2. The van der Waals surface area contributed by atoms with E-state index in [-0.39, 0.29) is 36.8 Å². The van der Waals surface area contributed by atoms with Crippen LogP contribution < -0.4 is 5.32 Å². The van der Waals surface area contributed by atoms with Crippen LogP contribution in [0.1, 0.15) is 53.3 Å². The van der Waals surface area contributed by atoms with E-state index in [1.54, 1.807) is 18.2 Å². The third kappa shape index (κ3) is 3.47. The number of epoxide rings is 1. The van der Waals surface area contributed by atoms with Crippen molar-refractivity contribution in [2.24, 2.45) is 11.8 Å². The summed E-state index contributed by atoms with van der Waals surface area (Å²) in [6.45, 7) is 1.48. The van der Waals surface area contributed by atoms with Crippen LogP contribution in [0.2, 0.25) is 0 Å². The zero-order chi connectivity index (χ0) is 28.1. The van der Waals surface area contributed by atoms with Crippen LogP contribution in [0.4, 0.5) is 13.2 Å². The molecule has 3 aliphatic carbocycles. The lowest BCUT2D eigenvalue weighted by Gasteiger charge is -2.41. The van der Waals surface area contributed by atoms with Crippen molar-refractivity contribution in [2.45, 2.75) is 74.3 Å². The first-order chi connectivity index (χ1) is 18.3. The molecule has 1 aromatic rings. The maximum atomic E-state index is 13.8. The van der Waals surface area contributed by atoms with Crippen molar-refractivity contribution in [1.82, 2.24) is 5.32 Å². The first-order valence-corrected chi connectivity index (χ1v) is 12.7. The standard InChI is InChI=1S/C27H24F3NO8/c1-11-19(32)18(31-24(37)27(28,29)30)10-13(38-11)8-12-6-7-16-17(9-12)23(36)26-21(34)15-5-3-2-4-14(15)20(33)25(26,39-26)22(16)35/h2-6,11,13,16-19,32H,7-10H2,1H3,(H,31,37)/t11-,13-,16?,17?,18-,19+,25?,26?/m0/s1. The zero-order valence-electron chi connectivity index (χ0n) is 20.6. The van der Waals surface area contributed by atoms with E-state index in [0.29, 0.717) is 5.57 Å². The first-order valence-electron chi connectivity index (χ1n) is 12.7. The smallest absolute Gasteiger partial charge is 0.388 e. The van der Waals surface area contributed by atoms with Crippen molar-refractivity contribution in [3.8, 4) is 0 Å². The lowest BCUT2D eigenvalue weighted by Crippen LogP contribution is -2.62. The van der Waals surface area contributed by atoms with Gasteiger partial charge in [-0.05, 0) is 32.6 Å². The number of carbonyl (C=O) groups is 5. The topological polar surface area (TPSA) is 139 Å². The lowest BCUT2D eigenvalue weighted by atomic mass is 9.57. The van der Waals surface area contributed by atoms with Crippen molar-refractivity contribution < 1.29 is 51.7 Å². The summed E-state index contributed by atoms with van der Waals surface area (Å²) in [5.41, 5.74) is -3.50. The van der Waals surface area contributed by atoms with Crippen LogP contribution in [-0.2, 0) is 23.9 Å². The van der Waals surface area contributed by atoms with Crippen LogP contribution in [0, 0.1) is 11.8 Å². The minimum Gasteiger partial charge on any atom is -0.388 e. The van der Waals surface area contributed by atoms with Gasteiger partial charge in [-0.3, -0.25) is 24.0 Å². The third-order valence-electron chi connectivity index (χ3n) is 8.69. The molecule has 2 heterocycles. The molecular weight excluding hydrogens is 523 g/mol. The van der Waals surface area contributed by atoms with Crippen LogP contribution >= 0.6 is 0 Å². The highest BCUT2D eigenvalue weighted by Gasteiger charge is 2.91. The Kier molecular flexibility index (Phi) is 5.60. The Labute approximate surface area is 219 Å². The molecule has 1 saturated carbocycles. The molecule has 5 aliphatic rings. The van der Waals surface area contributed by atoms with Gasteiger partial charge >= 0.3 is 12.1 Å². The summed E-state index contributed by atoms with van der Waals surface area (Å²) in [7, 11) is 0. The van der Waals surface area contributed by atoms with E-state index in [1.807, 2.05) is 5.32 Å². The predicted molar refractivity (Wildman–Crippen MR) is 124 cm³/mol. The molecule has 9 nitrogen and oxygen atoms in total. The Morgan fingerprint density at radius 2 is 1.64 bits per heavy atom. The van der Waals surface area contributed by atoms with E-state index in [4.69, 9.17) is 9.47 Å². The molecule has 206 valence electrons. The summed E-state index contributed by atoms with van der Waals surface area (Å²) in [4.78, 5) is 65.6. The molecule has 12 heteroatoms. The lowest BCUT2D eigenvalue weighted by molar-refractivity contribution is -0.179. The maximum absolute atomic E-state index is 13.8. The number of Topliss-reactive ketones (excluding diaryl/α,β-unsaturated/α-hetero) is 4. The molecular formula is C27H24F3NO8. The Hall–Kier alpha value is -3.22. The second kappa shape index (κ2) is 8.39. The molecule has 2 N–H and O–H groups in total. The van der Waals surface area contributed by atoms with Crippen molar-refractivity contribution >= 4 is 29.0 Å². The van der Waals surface area contributed by atoms with Crippen LogP contribution in [0.5, 0.6) is 0 Å². The third-order valence-corrected chi connectivity index (χ3v) is 8.69. The summed E-state index contributed by atoms with van der Waals surface area (Å²) in [5.74, 6) is -6.52. The van der Waals surface area contributed by atoms with Crippen molar-refractivity contribution in [3.63, 3.8) is 0 Å². The van der Waals surface area contributed by atoms with E-state index in [0.717, 1.165) is 0 Å². The number of fused-ring (bicyclic) bond motifs is 2. The molecule has 1 amide bonds. The predicted octanol–water partition coefficient (Wildman–Crippen LogP) is 1.65. The number of ketones is 4. The van der Waals surface area contributed by atoms with E-state index in [1.165, 1.54) is 19.1 Å². The number of hydrogen-bond acceptors (Lipinski definition) is 8. The average molecular weight is 547 g/mol. The number of amides is 1. The average Bonchev–Trinajstić information content (AvgIpc) is 3.62. The molecule has 4 unspecified atom stereocenters. The van der Waals surface area contributed by atoms with Gasteiger partial charge in [0.15, 0.2) is 11.6 Å². The van der Waals surface area contributed by atoms with E-state index in [2.05, 4.69) is 0 Å². The molecule has 8 atom stereocenters. The maximum Gasteiger partial charge on any atom is 0.471 e. The molecule has 0 spiro atoms. The highest BCUT2D eigenvalue weighted by Crippen LogP contribution is 2.63. The number of rotatable bonds is 3. The number of alkyl halides is 3. The fourth-order valence-electron chi connectivity index (χ4n) is 6.77. The van der Waals surface area contributed by atoms with Gasteiger partial charge in [0.2, 0.25) is 22.8 Å². The summed E-state index contributed by atoms with van der Waals surface area (Å²) in [5, 5.41) is 12.1. The fraction of sp³-hybridized carbons (Fsp3) is 0.519. The fourth-order valence-corrected chi connectivity index (χ4v) is 6.77. The van der Waals surface area contributed by atoms with Gasteiger partial charge in [-0.2, -0.15) is 13.2 Å². The Morgan fingerprint density at radius 1 is 1.05 bits per heavy atom. The zero-order valence-corrected chi connectivity index (χ0v) is 20.6. The molecule has 6 rings (SSSR count). The molecule has 0 aromatic heterocycles. The van der Waals surface area contributed by atoms with Gasteiger partial charge in [0.05, 0.1) is 18.2 Å². The van der Waals surface area contributed by atoms with Gasteiger partial charge in [-0.15, -0.1) is 0 Å². The number of benzene rings is 1. The summed E-state index contributed by atoms with van der Waals surface area (Å²) >= 11 is 0. The van der Waals surface area contributed by atoms with E-state index in [9.17, 15) is 42.3 Å². The Morgan fingerprint density at radius 3 is 2.23 bits per heavy atom. The van der Waals surface area contributed by atoms with E-state index < -0.39 is 82.6 Å². The van der Waals surface area contributed by atoms with Crippen LogP contribution in [0.3, 0.4) is 0 Å². The summed E-state index contributed by atoms with van der Waals surface area (Å²) in [6.07, 6.45) is -6.01. The van der Waals surface area contributed by atoms with Gasteiger partial charge in [0.25, 0.3) is 0 Å². The first kappa shape index (κ1) is 26.0. The second-order valence-corrected chi connectivity index (χ2v) is 10.9. The second-order valence-electron chi connectivity index (χ2n) is 10.9. The number of aliphatic hydroxyl groups excluding tert-OH is 1. The van der Waals surface area contributed by atoms with E-state index >= 15 is 0 Å². The number of halogens is 3. The number of aliphatic hydroxyl groups is 1. The highest BCUT2D eigenvalue weighted by molar-refractivity contribution is 6.43. The van der Waals surface area contributed by atoms with Gasteiger partial charge in [-0.1, -0.05) is 35.9 Å². The summed E-state index contributed by atoms with van der Waals surface area (Å²) < 4.78 is 49.7. The van der Waals surface area contributed by atoms with Crippen molar-refractivity contribution in [2.75, 3.05) is 0 Å². The van der Waals surface area contributed by atoms with Crippen LogP contribution in [0.15, 0.2) is 35.9 Å². The quantitative estimate of drug-likeness (QED) is 0.331. The SMILES string of the molecule is C[C@@H]1O[C@@H](CC2=CCC3C(=O)C45OC4(C(=O)c4ccccc4C5=O)C(=O)C3C2)C[C@H](NC(=O)C(F)(F)F)[C@@H]1O. The van der Waals surface area contributed by atoms with Gasteiger partial charge in [0, 0.05) is 23.0 Å². The van der Waals surface area contributed by atoms with Gasteiger partial charge in [-0.25, -0.2) is 0 Å². The summed E-state index contributed by atoms with van der Waals surface area (Å²) in [6, 6.07) is 4.78. The number of ether oxygens (including phenoxy) is 2. The molecule has 3 fully saturated rings. The molecule has 1 aromatic carbocycles. The number of hydrogen-bond donors (Lipinski definition) is 2. The Bertz CT molecular complexity index is 1370.